The molecular weight excluding hydrogens is 444 g/mol. The van der Waals surface area contributed by atoms with Crippen molar-refractivity contribution in [2.24, 2.45) is 0 Å². The van der Waals surface area contributed by atoms with Gasteiger partial charge in [-0.2, -0.15) is 5.10 Å². The monoisotopic (exact) mass is 465 g/mol. The zero-order chi connectivity index (χ0) is 20.6. The Balaban J connectivity index is 1.85. The van der Waals surface area contributed by atoms with Crippen molar-refractivity contribution in [3.05, 3.63) is 57.7 Å². The van der Waals surface area contributed by atoms with E-state index in [0.29, 0.717) is 18.7 Å². The van der Waals surface area contributed by atoms with Crippen LogP contribution in [-0.4, -0.2) is 54.9 Å². The summed E-state index contributed by atoms with van der Waals surface area (Å²) >= 11 is 3.46. The van der Waals surface area contributed by atoms with Gasteiger partial charge in [0, 0.05) is 29.1 Å². The molecule has 154 valence electrons. The fourth-order valence-corrected chi connectivity index (χ4v) is 4.55. The van der Waals surface area contributed by atoms with Gasteiger partial charge in [0.15, 0.2) is 0 Å². The molecule has 0 aliphatic carbocycles. The highest BCUT2D eigenvalue weighted by Crippen LogP contribution is 2.42. The van der Waals surface area contributed by atoms with Crippen LogP contribution in [0.5, 0.6) is 5.75 Å². The van der Waals surface area contributed by atoms with Crippen molar-refractivity contribution in [3.8, 4) is 5.75 Å². The highest BCUT2D eigenvalue weighted by molar-refractivity contribution is 9.10. The van der Waals surface area contributed by atoms with E-state index in [1.807, 2.05) is 35.2 Å². The average molecular weight is 466 g/mol. The Hall–Kier alpha value is -2.03. The molecule has 1 atom stereocenters. The zero-order valence-corrected chi connectivity index (χ0v) is 17.8. The van der Waals surface area contributed by atoms with E-state index in [4.69, 9.17) is 9.47 Å². The number of H-pyrrole nitrogens is 1. The molecule has 0 saturated carbocycles. The molecule has 0 amide bonds. The summed E-state index contributed by atoms with van der Waals surface area (Å²) in [6.45, 7) is -0.505. The minimum Gasteiger partial charge on any atom is -0.496 e. The van der Waals surface area contributed by atoms with Gasteiger partial charge in [0.2, 0.25) is 0 Å². The highest BCUT2D eigenvalue weighted by Gasteiger charge is 2.39. The van der Waals surface area contributed by atoms with E-state index in [-0.39, 0.29) is 6.04 Å². The van der Waals surface area contributed by atoms with Crippen molar-refractivity contribution in [1.29, 1.82) is 0 Å². The van der Waals surface area contributed by atoms with Gasteiger partial charge in [0.1, 0.15) is 12.4 Å². The van der Waals surface area contributed by atoms with Crippen LogP contribution >= 0.6 is 15.9 Å². The van der Waals surface area contributed by atoms with Gasteiger partial charge in [-0.3, -0.25) is 10.00 Å². The van der Waals surface area contributed by atoms with Crippen LogP contribution in [0.4, 0.5) is 8.78 Å². The topological polar surface area (TPSA) is 50.4 Å². The third-order valence-electron chi connectivity index (χ3n) is 5.36. The molecule has 29 heavy (non-hydrogen) atoms. The first kappa shape index (κ1) is 20.3. The van der Waals surface area contributed by atoms with Crippen molar-refractivity contribution < 1.29 is 18.3 Å². The van der Waals surface area contributed by atoms with Crippen LogP contribution in [0, 0.1) is 0 Å². The summed E-state index contributed by atoms with van der Waals surface area (Å²) in [5.74, 6) is -2.29. The van der Waals surface area contributed by atoms with Crippen LogP contribution in [-0.2, 0) is 11.2 Å². The van der Waals surface area contributed by atoms with Crippen molar-refractivity contribution in [1.82, 2.24) is 15.1 Å². The molecule has 0 bridgehead atoms. The number of nitrogens with one attached hydrogen (secondary N) is 1. The minimum atomic E-state index is -2.95. The Morgan fingerprint density at radius 2 is 2.03 bits per heavy atom. The molecule has 1 aliphatic heterocycles. The first-order valence-corrected chi connectivity index (χ1v) is 10.1. The van der Waals surface area contributed by atoms with Gasteiger partial charge >= 0.3 is 0 Å². The number of aromatic amines is 1. The lowest BCUT2D eigenvalue weighted by Gasteiger charge is -2.40. The van der Waals surface area contributed by atoms with Gasteiger partial charge in [0.05, 0.1) is 31.4 Å². The Morgan fingerprint density at radius 3 is 2.79 bits per heavy atom. The maximum atomic E-state index is 14.5. The van der Waals surface area contributed by atoms with Crippen LogP contribution in [0.25, 0.3) is 10.9 Å². The third kappa shape index (κ3) is 3.89. The number of halogens is 3. The second-order valence-corrected chi connectivity index (χ2v) is 8.18. The first-order valence-electron chi connectivity index (χ1n) is 9.32. The summed E-state index contributed by atoms with van der Waals surface area (Å²) in [5.41, 5.74) is 3.94. The van der Waals surface area contributed by atoms with Crippen LogP contribution < -0.4 is 4.74 Å². The number of nitrogens with zero attached hydrogens (tertiary/aromatic N) is 2. The van der Waals surface area contributed by atoms with Crippen molar-refractivity contribution in [2.75, 3.05) is 33.9 Å². The zero-order valence-electron chi connectivity index (χ0n) is 16.2. The maximum Gasteiger partial charge on any atom is 0.283 e. The fourth-order valence-electron chi connectivity index (χ4n) is 4.21. The number of methoxy groups -OCH3 is 2. The number of rotatable bonds is 6. The standard InChI is InChI=1S/C21H22BrF2N3O2/c1-28-12-21(23,24)11-27-8-7-14-15(5-6-18-17(14)10-25-26-18)20(27)16-4-3-13(22)9-19(16)29-2/h3-6,9-10,20H,7-8,11-12H2,1-2H3,(H,25,26). The second kappa shape index (κ2) is 8.01. The molecule has 5 nitrogen and oxygen atoms in total. The van der Waals surface area contributed by atoms with Gasteiger partial charge in [-0.1, -0.05) is 28.1 Å². The Bertz CT molecular complexity index is 1020. The number of ether oxygens (including phenoxy) is 2. The van der Waals surface area contributed by atoms with Gasteiger partial charge < -0.3 is 9.47 Å². The number of hydrogen-bond acceptors (Lipinski definition) is 4. The molecule has 1 N–H and O–H groups in total. The third-order valence-corrected chi connectivity index (χ3v) is 5.85. The van der Waals surface area contributed by atoms with Crippen molar-refractivity contribution in [3.63, 3.8) is 0 Å². The van der Waals surface area contributed by atoms with Crippen molar-refractivity contribution in [2.45, 2.75) is 18.4 Å². The normalized spacial score (nSPS) is 17.5. The molecule has 4 rings (SSSR count). The van der Waals surface area contributed by atoms with Crippen LogP contribution in [0.15, 0.2) is 41.0 Å². The fraction of sp³-hybridized carbons (Fsp3) is 0.381. The molecule has 1 unspecified atom stereocenters. The second-order valence-electron chi connectivity index (χ2n) is 7.26. The van der Waals surface area contributed by atoms with Gasteiger partial charge in [-0.15, -0.1) is 0 Å². The van der Waals surface area contributed by atoms with Crippen LogP contribution in [0.1, 0.15) is 22.7 Å². The SMILES string of the molecule is COCC(F)(F)CN1CCc2c(ccc3[nH]ncc23)C1c1ccc(Br)cc1OC. The Labute approximate surface area is 176 Å². The van der Waals surface area contributed by atoms with Crippen LogP contribution in [0.3, 0.4) is 0 Å². The summed E-state index contributed by atoms with van der Waals surface area (Å²) in [4.78, 5) is 1.82. The van der Waals surface area contributed by atoms with E-state index in [0.717, 1.165) is 32.1 Å². The molecule has 0 saturated heterocycles. The molecule has 1 aliphatic rings. The lowest BCUT2D eigenvalue weighted by Crippen LogP contribution is -2.45. The molecule has 3 aromatic rings. The lowest BCUT2D eigenvalue weighted by molar-refractivity contribution is -0.0894. The first-order chi connectivity index (χ1) is 13.9. The van der Waals surface area contributed by atoms with E-state index in [9.17, 15) is 8.78 Å². The molecule has 2 aromatic carbocycles. The van der Waals surface area contributed by atoms with Gasteiger partial charge in [-0.25, -0.2) is 8.78 Å². The molecule has 0 fully saturated rings. The highest BCUT2D eigenvalue weighted by atomic mass is 79.9. The van der Waals surface area contributed by atoms with E-state index >= 15 is 0 Å². The maximum absolute atomic E-state index is 14.5. The predicted molar refractivity (Wildman–Crippen MR) is 111 cm³/mol. The molecule has 8 heteroatoms. The molecule has 1 aromatic heterocycles. The summed E-state index contributed by atoms with van der Waals surface area (Å²) in [6.07, 6.45) is 2.48. The smallest absolute Gasteiger partial charge is 0.283 e. The summed E-state index contributed by atoms with van der Waals surface area (Å²) < 4.78 is 40.2. The minimum absolute atomic E-state index is 0.358. The number of hydrogen-bond donors (Lipinski definition) is 1. The van der Waals surface area contributed by atoms with E-state index < -0.39 is 19.1 Å². The van der Waals surface area contributed by atoms with E-state index in [1.54, 1.807) is 13.3 Å². The van der Waals surface area contributed by atoms with Gasteiger partial charge in [0.25, 0.3) is 5.92 Å². The van der Waals surface area contributed by atoms with Crippen molar-refractivity contribution >= 4 is 26.8 Å². The average Bonchev–Trinajstić information content (AvgIpc) is 3.16. The predicted octanol–water partition coefficient (Wildman–Crippen LogP) is 4.56. The Morgan fingerprint density at radius 1 is 1.24 bits per heavy atom. The summed E-state index contributed by atoms with van der Waals surface area (Å²) in [5, 5.41) is 8.17. The molecule has 0 radical (unpaired) electrons. The van der Waals surface area contributed by atoms with E-state index in [1.165, 1.54) is 7.11 Å². The molecular formula is C21H22BrF2N3O2. The quantitative estimate of drug-likeness (QED) is 0.579. The summed E-state index contributed by atoms with van der Waals surface area (Å²) in [6, 6.07) is 9.31. The molecule has 2 heterocycles. The number of alkyl halides is 2. The number of aromatic nitrogens is 2. The van der Waals surface area contributed by atoms with Gasteiger partial charge in [-0.05, 0) is 35.7 Å². The molecule has 0 spiro atoms. The van der Waals surface area contributed by atoms with E-state index in [2.05, 4.69) is 26.1 Å². The largest absolute Gasteiger partial charge is 0.496 e. The summed E-state index contributed by atoms with van der Waals surface area (Å²) in [7, 11) is 2.89. The van der Waals surface area contributed by atoms with Crippen LogP contribution in [0.2, 0.25) is 0 Å². The Kier molecular flexibility index (Phi) is 5.59. The number of benzene rings is 2. The lowest BCUT2D eigenvalue weighted by atomic mass is 9.86. The number of fused-ring (bicyclic) bond motifs is 3.